The molecule has 4 rings (SSSR count). The summed E-state index contributed by atoms with van der Waals surface area (Å²) >= 11 is 0. The maximum atomic E-state index is 13.2. The van der Waals surface area contributed by atoms with E-state index in [0.29, 0.717) is 9.89 Å². The number of non-ortho nitro benzene ring substituents is 1. The molecule has 3 aromatic rings. The molecule has 0 spiro atoms. The molecule has 0 N–H and O–H groups in total. The van der Waals surface area contributed by atoms with Crippen LogP contribution in [0.1, 0.15) is 31.1 Å². The zero-order valence-electron chi connectivity index (χ0n) is 15.6. The van der Waals surface area contributed by atoms with Gasteiger partial charge in [0.15, 0.2) is 0 Å². The summed E-state index contributed by atoms with van der Waals surface area (Å²) in [5.41, 5.74) is 1.50. The van der Waals surface area contributed by atoms with Gasteiger partial charge in [-0.1, -0.05) is 6.07 Å². The molecule has 2 aromatic carbocycles. The number of amides is 1. The second-order valence-corrected chi connectivity index (χ2v) is 8.72. The van der Waals surface area contributed by atoms with Crippen molar-refractivity contribution in [1.29, 1.82) is 0 Å². The Hall–Kier alpha value is -3.20. The number of nitrogens with zero attached hydrogens (tertiary/aromatic N) is 2. The van der Waals surface area contributed by atoms with Crippen LogP contribution in [-0.4, -0.2) is 19.2 Å². The van der Waals surface area contributed by atoms with Gasteiger partial charge in [0, 0.05) is 36.4 Å². The first-order chi connectivity index (χ1) is 13.8. The molecule has 1 aliphatic carbocycles. The van der Waals surface area contributed by atoms with Crippen LogP contribution in [0.2, 0.25) is 0 Å². The molecule has 29 heavy (non-hydrogen) atoms. The monoisotopic (exact) mass is 414 g/mol. The molecule has 1 aliphatic rings. The average Bonchev–Trinajstić information content (AvgIpc) is 3.06. The van der Waals surface area contributed by atoms with Crippen molar-refractivity contribution in [3.05, 3.63) is 63.9 Å². The number of carbonyl (C=O) groups excluding carboxylic acids is 1. The van der Waals surface area contributed by atoms with Crippen LogP contribution in [0, 0.1) is 10.1 Å². The molecule has 150 valence electrons. The third kappa shape index (κ3) is 3.27. The number of anilines is 1. The number of furan rings is 1. The Kier molecular flexibility index (Phi) is 4.62. The number of nitro groups is 1. The van der Waals surface area contributed by atoms with Crippen molar-refractivity contribution in [1.82, 2.24) is 0 Å². The fourth-order valence-corrected chi connectivity index (χ4v) is 5.19. The first-order valence-corrected chi connectivity index (χ1v) is 10.6. The number of hydrogen-bond acceptors (Lipinski definition) is 6. The molecule has 0 radical (unpaired) electrons. The summed E-state index contributed by atoms with van der Waals surface area (Å²) in [5.74, 6) is 0.188. The largest absolute Gasteiger partial charge is 0.461 e. The van der Waals surface area contributed by atoms with Gasteiger partial charge in [-0.15, -0.1) is 0 Å². The molecular weight excluding hydrogens is 396 g/mol. The molecule has 1 heterocycles. The molecule has 0 aliphatic heterocycles. The highest BCUT2D eigenvalue weighted by atomic mass is 32.2. The maximum Gasteiger partial charge on any atom is 0.271 e. The third-order valence-corrected chi connectivity index (χ3v) is 6.82. The van der Waals surface area contributed by atoms with Gasteiger partial charge in [0.1, 0.15) is 11.3 Å². The van der Waals surface area contributed by atoms with Gasteiger partial charge in [-0.25, -0.2) is 12.7 Å². The number of carbonyl (C=O) groups is 1. The number of benzene rings is 2. The van der Waals surface area contributed by atoms with Gasteiger partial charge >= 0.3 is 0 Å². The van der Waals surface area contributed by atoms with Crippen LogP contribution in [0.4, 0.5) is 11.4 Å². The van der Waals surface area contributed by atoms with Crippen LogP contribution >= 0.6 is 0 Å². The molecule has 8 nitrogen and oxygen atoms in total. The fourth-order valence-electron chi connectivity index (χ4n) is 3.73. The van der Waals surface area contributed by atoms with Crippen LogP contribution < -0.4 is 4.31 Å². The summed E-state index contributed by atoms with van der Waals surface area (Å²) in [6.45, 7) is 1.14. The van der Waals surface area contributed by atoms with E-state index in [1.807, 2.05) is 0 Å². The number of sulfonamides is 1. The summed E-state index contributed by atoms with van der Waals surface area (Å²) in [7, 11) is -4.33. The van der Waals surface area contributed by atoms with Crippen LogP contribution in [0.25, 0.3) is 11.0 Å². The van der Waals surface area contributed by atoms with Crippen molar-refractivity contribution in [3.63, 3.8) is 0 Å². The van der Waals surface area contributed by atoms with Crippen molar-refractivity contribution in [2.45, 2.75) is 37.5 Å². The van der Waals surface area contributed by atoms with Gasteiger partial charge in [-0.2, -0.15) is 0 Å². The van der Waals surface area contributed by atoms with Gasteiger partial charge in [-0.3, -0.25) is 14.9 Å². The van der Waals surface area contributed by atoms with E-state index < -0.39 is 20.9 Å². The van der Waals surface area contributed by atoms with Crippen LogP contribution in [0.3, 0.4) is 0 Å². The zero-order valence-corrected chi connectivity index (χ0v) is 16.4. The topological polar surface area (TPSA) is 111 Å². The molecule has 0 fully saturated rings. The smallest absolute Gasteiger partial charge is 0.271 e. The lowest BCUT2D eigenvalue weighted by Crippen LogP contribution is -2.35. The minimum absolute atomic E-state index is 0.172. The van der Waals surface area contributed by atoms with Gasteiger partial charge in [0.25, 0.3) is 15.7 Å². The molecule has 0 saturated carbocycles. The highest BCUT2D eigenvalue weighted by Gasteiger charge is 2.31. The number of aryl methyl sites for hydroxylation is 2. The van der Waals surface area contributed by atoms with Gasteiger partial charge < -0.3 is 4.42 Å². The van der Waals surface area contributed by atoms with E-state index in [-0.39, 0.29) is 16.3 Å². The summed E-state index contributed by atoms with van der Waals surface area (Å²) in [5, 5.41) is 11.8. The van der Waals surface area contributed by atoms with Crippen LogP contribution in [-0.2, 0) is 27.7 Å². The van der Waals surface area contributed by atoms with Crippen molar-refractivity contribution in [2.75, 3.05) is 4.31 Å². The first-order valence-electron chi connectivity index (χ1n) is 9.13. The van der Waals surface area contributed by atoms with E-state index in [2.05, 4.69) is 0 Å². The van der Waals surface area contributed by atoms with Gasteiger partial charge in [0.05, 0.1) is 15.5 Å². The van der Waals surface area contributed by atoms with Crippen molar-refractivity contribution >= 4 is 38.3 Å². The molecule has 1 amide bonds. The summed E-state index contributed by atoms with van der Waals surface area (Å²) in [6, 6.07) is 9.45. The molecule has 1 aromatic heterocycles. The first kappa shape index (κ1) is 19.1. The predicted octanol–water partition coefficient (Wildman–Crippen LogP) is 3.96. The molecular formula is C20H18N2O6S. The molecule has 0 unspecified atom stereocenters. The lowest BCUT2D eigenvalue weighted by Gasteiger charge is -2.21. The zero-order chi connectivity index (χ0) is 20.8. The molecule has 0 bridgehead atoms. The van der Waals surface area contributed by atoms with E-state index >= 15 is 0 Å². The Labute approximate surface area is 166 Å². The van der Waals surface area contributed by atoms with Crippen molar-refractivity contribution in [2.24, 2.45) is 0 Å². The maximum absolute atomic E-state index is 13.2. The minimum Gasteiger partial charge on any atom is -0.461 e. The highest BCUT2D eigenvalue weighted by molar-refractivity contribution is 7.93. The summed E-state index contributed by atoms with van der Waals surface area (Å²) in [4.78, 5) is 22.4. The van der Waals surface area contributed by atoms with E-state index in [9.17, 15) is 23.3 Å². The SMILES string of the molecule is CC(=O)N(c1ccc2oc3c(c2c1)CCCC3)S(=O)(=O)c1cccc([N+](=O)[O-])c1. The van der Waals surface area contributed by atoms with Gasteiger partial charge in [-0.05, 0) is 43.5 Å². The van der Waals surface area contributed by atoms with Crippen molar-refractivity contribution < 1.29 is 22.6 Å². The Balaban J connectivity index is 1.85. The number of nitro benzene ring substituents is 1. The van der Waals surface area contributed by atoms with E-state index in [1.165, 1.54) is 24.3 Å². The second kappa shape index (κ2) is 7.00. The standard InChI is InChI=1S/C20H18N2O6S/c1-13(23)21(29(26,27)16-6-4-5-15(11-16)22(24)25)14-9-10-20-18(12-14)17-7-2-3-8-19(17)28-20/h4-6,9-12H,2-3,7-8H2,1H3. The van der Waals surface area contributed by atoms with Gasteiger partial charge in [0.2, 0.25) is 5.91 Å². The lowest BCUT2D eigenvalue weighted by molar-refractivity contribution is -0.385. The minimum atomic E-state index is -4.33. The van der Waals surface area contributed by atoms with E-state index in [1.54, 1.807) is 12.1 Å². The molecule has 0 saturated heterocycles. The Morgan fingerprint density at radius 1 is 1.14 bits per heavy atom. The van der Waals surface area contributed by atoms with Crippen LogP contribution in [0.15, 0.2) is 51.8 Å². The van der Waals surface area contributed by atoms with E-state index in [4.69, 9.17) is 4.42 Å². The number of hydrogen-bond donors (Lipinski definition) is 0. The normalized spacial score (nSPS) is 13.8. The molecule has 0 atom stereocenters. The Morgan fingerprint density at radius 2 is 1.90 bits per heavy atom. The van der Waals surface area contributed by atoms with Crippen LogP contribution in [0.5, 0.6) is 0 Å². The predicted molar refractivity (Wildman–Crippen MR) is 106 cm³/mol. The Morgan fingerprint density at radius 3 is 2.62 bits per heavy atom. The fraction of sp³-hybridized carbons (Fsp3) is 0.250. The third-order valence-electron chi connectivity index (χ3n) is 5.03. The highest BCUT2D eigenvalue weighted by Crippen LogP contribution is 2.35. The average molecular weight is 414 g/mol. The van der Waals surface area contributed by atoms with Crippen molar-refractivity contribution in [3.8, 4) is 0 Å². The molecule has 9 heteroatoms. The summed E-state index contributed by atoms with van der Waals surface area (Å²) in [6.07, 6.45) is 3.74. The number of rotatable bonds is 4. The lowest BCUT2D eigenvalue weighted by atomic mass is 9.96. The number of fused-ring (bicyclic) bond motifs is 3. The van der Waals surface area contributed by atoms with E-state index in [0.717, 1.165) is 55.4 Å². The quantitative estimate of drug-likeness (QED) is 0.472. The Bertz CT molecular complexity index is 1250. The second-order valence-electron chi connectivity index (χ2n) is 6.93. The summed E-state index contributed by atoms with van der Waals surface area (Å²) < 4.78 is 32.9.